The Labute approximate surface area is 175 Å². The van der Waals surface area contributed by atoms with E-state index < -0.39 is 11.9 Å². The van der Waals surface area contributed by atoms with Crippen molar-refractivity contribution < 1.29 is 32.2 Å². The van der Waals surface area contributed by atoms with Crippen molar-refractivity contribution in [3.05, 3.63) is 30.0 Å². The Balaban J connectivity index is 1.74. The third-order valence-corrected chi connectivity index (χ3v) is 4.90. The van der Waals surface area contributed by atoms with Crippen LogP contribution in [0.1, 0.15) is 19.0 Å². The molecule has 1 atom stereocenters. The number of carbonyl (C=O) groups is 1. The van der Waals surface area contributed by atoms with Crippen LogP contribution < -0.4 is 14.8 Å². The van der Waals surface area contributed by atoms with Gasteiger partial charge in [0.25, 0.3) is 0 Å². The molecule has 1 aliphatic heterocycles. The van der Waals surface area contributed by atoms with Gasteiger partial charge in [-0.1, -0.05) is 11.8 Å². The highest BCUT2D eigenvalue weighted by Crippen LogP contribution is 2.37. The first-order valence-electron chi connectivity index (χ1n) is 9.03. The summed E-state index contributed by atoms with van der Waals surface area (Å²) in [5.41, 5.74) is -0.498. The molecule has 7 nitrogen and oxygen atoms in total. The lowest BCUT2D eigenvalue weighted by Gasteiger charge is -2.13. The Kier molecular flexibility index (Phi) is 7.03. The van der Waals surface area contributed by atoms with Crippen LogP contribution in [0, 0.1) is 0 Å². The highest BCUT2D eigenvalue weighted by Gasteiger charge is 2.34. The van der Waals surface area contributed by atoms with Gasteiger partial charge in [0.1, 0.15) is 5.69 Å². The van der Waals surface area contributed by atoms with Gasteiger partial charge in [-0.25, -0.2) is 9.97 Å². The van der Waals surface area contributed by atoms with Crippen LogP contribution in [0.15, 0.2) is 29.4 Å². The Morgan fingerprint density at radius 1 is 1.27 bits per heavy atom. The first-order valence-corrected chi connectivity index (χ1v) is 10.0. The number of nitrogens with zero attached hydrogens (tertiary/aromatic N) is 2. The second-order valence-corrected chi connectivity index (χ2v) is 7.57. The number of methoxy groups -OCH3 is 1. The van der Waals surface area contributed by atoms with Gasteiger partial charge in [0.05, 0.1) is 12.3 Å². The molecular formula is C19H20F3N3O4S. The van der Waals surface area contributed by atoms with Crippen molar-refractivity contribution in [1.29, 1.82) is 0 Å². The van der Waals surface area contributed by atoms with Crippen molar-refractivity contribution in [2.24, 2.45) is 0 Å². The van der Waals surface area contributed by atoms with E-state index in [1.54, 1.807) is 25.1 Å². The van der Waals surface area contributed by atoms with Gasteiger partial charge in [0.2, 0.25) is 12.7 Å². The standard InChI is InChI=1S/C19H20F3N3O4S/c1-11(9-27-2)23-17(26)5-6-30-18-24-13(8-16(25-18)19(20,21)22)12-3-4-14-15(7-12)29-10-28-14/h3-4,7-8,11H,5-6,9-10H2,1-2H3,(H,23,26). The van der Waals surface area contributed by atoms with Crippen LogP contribution in [0.5, 0.6) is 11.5 Å². The SMILES string of the molecule is COCC(C)NC(=O)CCSc1nc(-c2ccc3c(c2)OCO3)cc(C(F)(F)F)n1. The lowest BCUT2D eigenvalue weighted by molar-refractivity contribution is -0.141. The third kappa shape index (κ3) is 5.76. The first kappa shape index (κ1) is 22.2. The maximum atomic E-state index is 13.3. The number of rotatable bonds is 8. The number of thioether (sulfide) groups is 1. The Hall–Kier alpha value is -2.53. The van der Waals surface area contributed by atoms with Crippen molar-refractivity contribution in [3.8, 4) is 22.8 Å². The number of halogens is 3. The van der Waals surface area contributed by atoms with Crippen LogP contribution in [0.4, 0.5) is 13.2 Å². The van der Waals surface area contributed by atoms with Crippen molar-refractivity contribution in [3.63, 3.8) is 0 Å². The summed E-state index contributed by atoms with van der Waals surface area (Å²) < 4.78 is 55.4. The fourth-order valence-electron chi connectivity index (χ4n) is 2.71. The van der Waals surface area contributed by atoms with Gasteiger partial charge in [0, 0.05) is 30.9 Å². The highest BCUT2D eigenvalue weighted by molar-refractivity contribution is 7.99. The smallest absolute Gasteiger partial charge is 0.433 e. The number of hydrogen-bond acceptors (Lipinski definition) is 7. The minimum Gasteiger partial charge on any atom is -0.454 e. The average Bonchev–Trinajstić information content (AvgIpc) is 3.15. The molecular weight excluding hydrogens is 423 g/mol. The second-order valence-electron chi connectivity index (χ2n) is 6.51. The van der Waals surface area contributed by atoms with Crippen LogP contribution in [0.2, 0.25) is 0 Å². The van der Waals surface area contributed by atoms with Gasteiger partial charge in [-0.2, -0.15) is 13.2 Å². The summed E-state index contributed by atoms with van der Waals surface area (Å²) in [7, 11) is 1.53. The number of alkyl halides is 3. The number of amides is 1. The van der Waals surface area contributed by atoms with Gasteiger partial charge >= 0.3 is 6.18 Å². The summed E-state index contributed by atoms with van der Waals surface area (Å²) in [5.74, 6) is 0.964. The van der Waals surface area contributed by atoms with Gasteiger partial charge in [-0.05, 0) is 31.2 Å². The quantitative estimate of drug-likeness (QED) is 0.494. The molecule has 2 aromatic rings. The van der Waals surface area contributed by atoms with Crippen LogP contribution in [-0.2, 0) is 15.7 Å². The number of benzene rings is 1. The zero-order valence-corrected chi connectivity index (χ0v) is 17.1. The number of hydrogen-bond donors (Lipinski definition) is 1. The van der Waals surface area contributed by atoms with E-state index in [0.29, 0.717) is 23.7 Å². The van der Waals surface area contributed by atoms with E-state index in [-0.39, 0.29) is 41.8 Å². The van der Waals surface area contributed by atoms with E-state index in [1.807, 2.05) is 0 Å². The highest BCUT2D eigenvalue weighted by atomic mass is 32.2. The minimum absolute atomic E-state index is 0.0581. The van der Waals surface area contributed by atoms with E-state index in [9.17, 15) is 18.0 Å². The van der Waals surface area contributed by atoms with Crippen LogP contribution >= 0.6 is 11.8 Å². The van der Waals surface area contributed by atoms with E-state index in [4.69, 9.17) is 14.2 Å². The maximum absolute atomic E-state index is 13.3. The molecule has 2 heterocycles. The fraction of sp³-hybridized carbons (Fsp3) is 0.421. The van der Waals surface area contributed by atoms with Crippen molar-refractivity contribution in [2.45, 2.75) is 30.7 Å². The molecule has 162 valence electrons. The topological polar surface area (TPSA) is 82.6 Å². The largest absolute Gasteiger partial charge is 0.454 e. The van der Waals surface area contributed by atoms with Crippen LogP contribution in [0.25, 0.3) is 11.3 Å². The van der Waals surface area contributed by atoms with Gasteiger partial charge in [-0.15, -0.1) is 0 Å². The summed E-state index contributed by atoms with van der Waals surface area (Å²) in [4.78, 5) is 19.8. The molecule has 1 aliphatic rings. The second kappa shape index (κ2) is 9.52. The molecule has 1 N–H and O–H groups in total. The molecule has 0 bridgehead atoms. The van der Waals surface area contributed by atoms with Crippen molar-refractivity contribution in [2.75, 3.05) is 26.3 Å². The molecule has 0 fully saturated rings. The fourth-order valence-corrected chi connectivity index (χ4v) is 3.51. The molecule has 1 aromatic carbocycles. The molecule has 11 heteroatoms. The first-order chi connectivity index (χ1) is 14.3. The number of fused-ring (bicyclic) bond motifs is 1. The van der Waals surface area contributed by atoms with E-state index in [1.165, 1.54) is 7.11 Å². The van der Waals surface area contributed by atoms with E-state index in [0.717, 1.165) is 17.8 Å². The third-order valence-electron chi connectivity index (χ3n) is 4.05. The minimum atomic E-state index is -4.63. The Bertz CT molecular complexity index is 911. The van der Waals surface area contributed by atoms with E-state index in [2.05, 4.69) is 15.3 Å². The van der Waals surface area contributed by atoms with Crippen molar-refractivity contribution in [1.82, 2.24) is 15.3 Å². The molecule has 0 saturated carbocycles. The number of ether oxygens (including phenoxy) is 3. The molecule has 30 heavy (non-hydrogen) atoms. The van der Waals surface area contributed by atoms with Crippen LogP contribution in [-0.4, -0.2) is 48.2 Å². The molecule has 0 saturated heterocycles. The summed E-state index contributed by atoms with van der Waals surface area (Å²) >= 11 is 0.984. The molecule has 1 amide bonds. The summed E-state index contributed by atoms with van der Waals surface area (Å²) in [6.07, 6.45) is -4.52. The Morgan fingerprint density at radius 2 is 2.03 bits per heavy atom. The predicted molar refractivity (Wildman–Crippen MR) is 103 cm³/mol. The van der Waals surface area contributed by atoms with Crippen molar-refractivity contribution >= 4 is 17.7 Å². The van der Waals surface area contributed by atoms with E-state index >= 15 is 0 Å². The molecule has 0 radical (unpaired) electrons. The Morgan fingerprint density at radius 3 is 2.77 bits per heavy atom. The lowest BCUT2D eigenvalue weighted by Crippen LogP contribution is -2.35. The summed E-state index contributed by atoms with van der Waals surface area (Å²) in [6, 6.07) is 5.53. The monoisotopic (exact) mass is 443 g/mol. The predicted octanol–water partition coefficient (Wildman–Crippen LogP) is 3.52. The average molecular weight is 443 g/mol. The molecule has 0 aliphatic carbocycles. The molecule has 1 unspecified atom stereocenters. The molecule has 1 aromatic heterocycles. The lowest BCUT2D eigenvalue weighted by atomic mass is 10.1. The van der Waals surface area contributed by atoms with Gasteiger partial charge in [0.15, 0.2) is 16.7 Å². The number of nitrogens with one attached hydrogen (secondary N) is 1. The number of aromatic nitrogens is 2. The summed E-state index contributed by atoms with van der Waals surface area (Å²) in [6.45, 7) is 2.22. The van der Waals surface area contributed by atoms with Gasteiger partial charge < -0.3 is 19.5 Å². The zero-order valence-electron chi connectivity index (χ0n) is 16.3. The van der Waals surface area contributed by atoms with Crippen LogP contribution in [0.3, 0.4) is 0 Å². The summed E-state index contributed by atoms with van der Waals surface area (Å²) in [5, 5.41) is 2.68. The number of carbonyl (C=O) groups excluding carboxylic acids is 1. The molecule has 3 rings (SSSR count). The zero-order chi connectivity index (χ0) is 21.7. The molecule has 0 spiro atoms. The normalized spacial score (nSPS) is 13.9. The maximum Gasteiger partial charge on any atom is 0.433 e. The van der Waals surface area contributed by atoms with Gasteiger partial charge in [-0.3, -0.25) is 4.79 Å².